The third kappa shape index (κ3) is 2.71. The molecule has 0 radical (unpaired) electrons. The molecule has 1 nitrogen and oxygen atoms in total. The average molecular weight is 150 g/mol. The number of hydrogen-bond acceptors (Lipinski definition) is 1. The van der Waals surface area contributed by atoms with E-state index in [1.807, 2.05) is 6.08 Å². The summed E-state index contributed by atoms with van der Waals surface area (Å²) in [4.78, 5) is 10.9. The van der Waals surface area contributed by atoms with Crippen LogP contribution >= 0.6 is 0 Å². The van der Waals surface area contributed by atoms with Gasteiger partial charge < -0.3 is 0 Å². The summed E-state index contributed by atoms with van der Waals surface area (Å²) in [5.74, 6) is 0.875. The van der Waals surface area contributed by atoms with Crippen LogP contribution in [0.4, 0.5) is 0 Å². The normalized spacial score (nSPS) is 17.4. The van der Waals surface area contributed by atoms with Crippen molar-refractivity contribution in [2.24, 2.45) is 5.92 Å². The Morgan fingerprint density at radius 2 is 2.27 bits per heavy atom. The second-order valence-electron chi connectivity index (χ2n) is 3.39. The van der Waals surface area contributed by atoms with E-state index in [1.54, 1.807) is 6.08 Å². The molecule has 1 aliphatic rings. The highest BCUT2D eigenvalue weighted by Gasteiger charge is 2.05. The van der Waals surface area contributed by atoms with E-state index >= 15 is 0 Å². The van der Waals surface area contributed by atoms with Gasteiger partial charge in [-0.15, -0.1) is 0 Å². The van der Waals surface area contributed by atoms with E-state index in [2.05, 4.69) is 19.9 Å². The van der Waals surface area contributed by atoms with Crippen molar-refractivity contribution < 1.29 is 4.79 Å². The summed E-state index contributed by atoms with van der Waals surface area (Å²) in [5, 5.41) is 0. The molecule has 0 aromatic rings. The second-order valence-corrected chi connectivity index (χ2v) is 3.39. The summed E-state index contributed by atoms with van der Waals surface area (Å²) in [6.07, 6.45) is 7.37. The molecule has 0 spiro atoms. The van der Waals surface area contributed by atoms with Crippen molar-refractivity contribution in [3.05, 3.63) is 23.8 Å². The van der Waals surface area contributed by atoms with Crippen molar-refractivity contribution >= 4 is 5.78 Å². The Labute approximate surface area is 67.8 Å². The van der Waals surface area contributed by atoms with Gasteiger partial charge in [0.15, 0.2) is 5.78 Å². The summed E-state index contributed by atoms with van der Waals surface area (Å²) in [6.45, 7) is 4.32. The summed E-state index contributed by atoms with van der Waals surface area (Å²) in [5.41, 5.74) is 1.18. The van der Waals surface area contributed by atoms with E-state index in [1.165, 1.54) is 5.57 Å². The number of rotatable bonds is 2. The Balaban J connectivity index is 2.57. The fourth-order valence-electron chi connectivity index (χ4n) is 1.24. The molecule has 0 saturated carbocycles. The van der Waals surface area contributed by atoms with Gasteiger partial charge in [-0.2, -0.15) is 0 Å². The van der Waals surface area contributed by atoms with Gasteiger partial charge in [0.25, 0.3) is 0 Å². The molecule has 0 fully saturated rings. The van der Waals surface area contributed by atoms with Gasteiger partial charge >= 0.3 is 0 Å². The Kier molecular flexibility index (Phi) is 2.64. The van der Waals surface area contributed by atoms with Crippen LogP contribution in [-0.2, 0) is 4.79 Å². The van der Waals surface area contributed by atoms with E-state index < -0.39 is 0 Å². The van der Waals surface area contributed by atoms with Crippen LogP contribution in [0.15, 0.2) is 23.8 Å². The van der Waals surface area contributed by atoms with Crippen molar-refractivity contribution in [1.82, 2.24) is 0 Å². The molecule has 0 aliphatic heterocycles. The van der Waals surface area contributed by atoms with Crippen LogP contribution in [0.25, 0.3) is 0 Å². The molecule has 0 bridgehead atoms. The molecule has 1 aliphatic carbocycles. The largest absolute Gasteiger partial charge is 0.295 e. The van der Waals surface area contributed by atoms with Crippen LogP contribution in [0.2, 0.25) is 0 Å². The van der Waals surface area contributed by atoms with E-state index in [0.717, 1.165) is 6.42 Å². The van der Waals surface area contributed by atoms with E-state index in [9.17, 15) is 4.79 Å². The third-order valence-corrected chi connectivity index (χ3v) is 1.64. The SMILES string of the molecule is CC(C)CC1=CC(=O)CC=C1. The average Bonchev–Trinajstić information content (AvgIpc) is 1.85. The maximum absolute atomic E-state index is 10.9. The van der Waals surface area contributed by atoms with Crippen molar-refractivity contribution in [2.45, 2.75) is 26.7 Å². The van der Waals surface area contributed by atoms with E-state index in [-0.39, 0.29) is 5.78 Å². The molecule has 11 heavy (non-hydrogen) atoms. The highest BCUT2D eigenvalue weighted by molar-refractivity contribution is 5.93. The third-order valence-electron chi connectivity index (χ3n) is 1.64. The zero-order chi connectivity index (χ0) is 8.27. The zero-order valence-corrected chi connectivity index (χ0v) is 7.13. The van der Waals surface area contributed by atoms with Crippen LogP contribution in [0, 0.1) is 5.92 Å². The van der Waals surface area contributed by atoms with Crippen molar-refractivity contribution in [1.29, 1.82) is 0 Å². The smallest absolute Gasteiger partial charge is 0.159 e. The predicted octanol–water partition coefficient (Wildman–Crippen LogP) is 2.49. The first-order chi connectivity index (χ1) is 5.18. The highest BCUT2D eigenvalue weighted by Crippen LogP contribution is 2.15. The topological polar surface area (TPSA) is 17.1 Å². The van der Waals surface area contributed by atoms with Crippen molar-refractivity contribution in [3.8, 4) is 0 Å². The molecule has 0 atom stereocenters. The first-order valence-corrected chi connectivity index (χ1v) is 4.08. The lowest BCUT2D eigenvalue weighted by atomic mass is 9.98. The quantitative estimate of drug-likeness (QED) is 0.591. The van der Waals surface area contributed by atoms with Crippen LogP contribution in [0.3, 0.4) is 0 Å². The van der Waals surface area contributed by atoms with Gasteiger partial charge in [0, 0.05) is 6.42 Å². The molecule has 0 N–H and O–H groups in total. The van der Waals surface area contributed by atoms with Gasteiger partial charge in [0.1, 0.15) is 0 Å². The molecule has 1 heteroatoms. The predicted molar refractivity (Wildman–Crippen MR) is 46.3 cm³/mol. The number of carbonyl (C=O) groups is 1. The Bertz CT molecular complexity index is 209. The Hall–Kier alpha value is -0.850. The van der Waals surface area contributed by atoms with Crippen LogP contribution < -0.4 is 0 Å². The first kappa shape index (κ1) is 8.25. The first-order valence-electron chi connectivity index (χ1n) is 4.08. The second kappa shape index (κ2) is 3.51. The lowest BCUT2D eigenvalue weighted by Crippen LogP contribution is -1.99. The summed E-state index contributed by atoms with van der Waals surface area (Å²) >= 11 is 0. The summed E-state index contributed by atoms with van der Waals surface area (Å²) in [6, 6.07) is 0. The molecule has 0 aromatic carbocycles. The maximum atomic E-state index is 10.9. The maximum Gasteiger partial charge on any atom is 0.159 e. The van der Waals surface area contributed by atoms with Gasteiger partial charge in [-0.3, -0.25) is 4.79 Å². The fraction of sp³-hybridized carbons (Fsp3) is 0.500. The monoisotopic (exact) mass is 150 g/mol. The van der Waals surface area contributed by atoms with E-state index in [4.69, 9.17) is 0 Å². The minimum atomic E-state index is 0.239. The Morgan fingerprint density at radius 1 is 1.55 bits per heavy atom. The fourth-order valence-corrected chi connectivity index (χ4v) is 1.24. The molecule has 0 saturated heterocycles. The number of ketones is 1. The molecular formula is C10H14O. The molecule has 0 amide bonds. The number of hydrogen-bond donors (Lipinski definition) is 0. The number of allylic oxidation sites excluding steroid dienone is 4. The minimum Gasteiger partial charge on any atom is -0.295 e. The molecule has 1 rings (SSSR count). The van der Waals surface area contributed by atoms with Crippen LogP contribution in [0.1, 0.15) is 26.7 Å². The van der Waals surface area contributed by atoms with Crippen LogP contribution in [0.5, 0.6) is 0 Å². The van der Waals surface area contributed by atoms with Gasteiger partial charge in [0.2, 0.25) is 0 Å². The van der Waals surface area contributed by atoms with Crippen LogP contribution in [-0.4, -0.2) is 5.78 Å². The molecular weight excluding hydrogens is 136 g/mol. The summed E-state index contributed by atoms with van der Waals surface area (Å²) in [7, 11) is 0. The number of carbonyl (C=O) groups excluding carboxylic acids is 1. The van der Waals surface area contributed by atoms with Crippen molar-refractivity contribution in [3.63, 3.8) is 0 Å². The molecule has 0 heterocycles. The van der Waals surface area contributed by atoms with Gasteiger partial charge in [0.05, 0.1) is 0 Å². The van der Waals surface area contributed by atoms with Gasteiger partial charge in [-0.25, -0.2) is 0 Å². The highest BCUT2D eigenvalue weighted by atomic mass is 16.1. The lowest BCUT2D eigenvalue weighted by molar-refractivity contribution is -0.113. The molecule has 60 valence electrons. The molecule has 0 unspecified atom stereocenters. The zero-order valence-electron chi connectivity index (χ0n) is 7.13. The Morgan fingerprint density at radius 3 is 2.82 bits per heavy atom. The van der Waals surface area contributed by atoms with E-state index in [0.29, 0.717) is 12.3 Å². The van der Waals surface area contributed by atoms with Crippen molar-refractivity contribution in [2.75, 3.05) is 0 Å². The van der Waals surface area contributed by atoms with Gasteiger partial charge in [-0.05, 0) is 24.0 Å². The summed E-state index contributed by atoms with van der Waals surface area (Å²) < 4.78 is 0. The minimum absolute atomic E-state index is 0.239. The van der Waals surface area contributed by atoms with Gasteiger partial charge in [-0.1, -0.05) is 26.0 Å². The molecule has 0 aromatic heterocycles. The standard InChI is InChI=1S/C10H14O/c1-8(2)6-9-4-3-5-10(11)7-9/h3-4,7-8H,5-6H2,1-2H3. The lowest BCUT2D eigenvalue weighted by Gasteiger charge is -2.07.